The summed E-state index contributed by atoms with van der Waals surface area (Å²) < 4.78 is 30.0. The summed E-state index contributed by atoms with van der Waals surface area (Å²) in [4.78, 5) is 12.0. The first-order valence-corrected chi connectivity index (χ1v) is 8.94. The van der Waals surface area contributed by atoms with E-state index in [0.29, 0.717) is 10.7 Å². The van der Waals surface area contributed by atoms with E-state index in [1.807, 2.05) is 0 Å². The number of allylic oxidation sites excluding steroid dienone is 1. The number of hydrogen-bond acceptors (Lipinski definition) is 4. The van der Waals surface area contributed by atoms with E-state index in [1.165, 1.54) is 18.2 Å². The molecule has 1 amide bonds. The van der Waals surface area contributed by atoms with Crippen molar-refractivity contribution in [3.05, 3.63) is 70.6 Å². The van der Waals surface area contributed by atoms with Gasteiger partial charge in [0, 0.05) is 10.7 Å². The summed E-state index contributed by atoms with van der Waals surface area (Å²) in [6.45, 7) is 1.23. The molecular formula is C17H16ClNO4S. The second-order valence-corrected chi connectivity index (χ2v) is 7.22. The van der Waals surface area contributed by atoms with E-state index in [1.54, 1.807) is 49.4 Å². The Kier molecular flexibility index (Phi) is 6.00. The first-order chi connectivity index (χ1) is 11.4. The molecule has 0 bridgehead atoms. The van der Waals surface area contributed by atoms with Gasteiger partial charge in [-0.1, -0.05) is 35.9 Å². The van der Waals surface area contributed by atoms with Crippen molar-refractivity contribution in [3.63, 3.8) is 0 Å². The number of hydrogen-bond donors (Lipinski definition) is 1. The van der Waals surface area contributed by atoms with E-state index < -0.39 is 15.9 Å². The second-order valence-electron chi connectivity index (χ2n) is 4.78. The molecular weight excluding hydrogens is 350 g/mol. The second kappa shape index (κ2) is 7.99. The van der Waals surface area contributed by atoms with Crippen LogP contribution in [0.4, 0.5) is 10.5 Å². The van der Waals surface area contributed by atoms with Crippen molar-refractivity contribution in [1.29, 1.82) is 0 Å². The molecule has 2 aromatic rings. The minimum atomic E-state index is -3.69. The number of anilines is 1. The van der Waals surface area contributed by atoms with Crippen molar-refractivity contribution in [2.75, 3.05) is 11.9 Å². The van der Waals surface area contributed by atoms with Gasteiger partial charge < -0.3 is 4.74 Å². The molecule has 0 saturated carbocycles. The van der Waals surface area contributed by atoms with Crippen LogP contribution in [0.15, 0.2) is 70.5 Å². The Labute approximate surface area is 145 Å². The van der Waals surface area contributed by atoms with Crippen LogP contribution in [-0.2, 0) is 14.6 Å². The molecule has 2 aromatic carbocycles. The smallest absolute Gasteiger partial charge is 0.411 e. The third-order valence-electron chi connectivity index (χ3n) is 3.16. The summed E-state index contributed by atoms with van der Waals surface area (Å²) in [6.07, 6.45) is 0.665. The van der Waals surface area contributed by atoms with Gasteiger partial charge in [-0.05, 0) is 43.3 Å². The van der Waals surface area contributed by atoms with Gasteiger partial charge in [-0.15, -0.1) is 0 Å². The van der Waals surface area contributed by atoms with Gasteiger partial charge in [0.1, 0.15) is 6.61 Å². The third-order valence-corrected chi connectivity index (χ3v) is 5.35. The Hall–Kier alpha value is -2.31. The average molecular weight is 366 g/mol. The number of ether oxygens (including phenoxy) is 1. The lowest BCUT2D eigenvalue weighted by molar-refractivity contribution is 0.173. The Bertz CT molecular complexity index is 831. The van der Waals surface area contributed by atoms with Crippen LogP contribution in [0.2, 0.25) is 5.02 Å². The molecule has 126 valence electrons. The predicted octanol–water partition coefficient (Wildman–Crippen LogP) is 4.27. The highest BCUT2D eigenvalue weighted by atomic mass is 35.5. The largest absolute Gasteiger partial charge is 0.444 e. The highest BCUT2D eigenvalue weighted by Crippen LogP contribution is 2.19. The fourth-order valence-electron chi connectivity index (χ4n) is 1.89. The van der Waals surface area contributed by atoms with Crippen LogP contribution in [0.1, 0.15) is 6.92 Å². The van der Waals surface area contributed by atoms with Crippen molar-refractivity contribution in [3.8, 4) is 0 Å². The van der Waals surface area contributed by atoms with Gasteiger partial charge >= 0.3 is 6.09 Å². The van der Waals surface area contributed by atoms with E-state index in [4.69, 9.17) is 16.3 Å². The van der Waals surface area contributed by atoms with Gasteiger partial charge in [0.15, 0.2) is 0 Å². The molecule has 0 aromatic heterocycles. The number of amides is 1. The van der Waals surface area contributed by atoms with Crippen molar-refractivity contribution in [2.24, 2.45) is 0 Å². The molecule has 0 radical (unpaired) electrons. The van der Waals surface area contributed by atoms with E-state index in [-0.39, 0.29) is 16.4 Å². The number of nitrogens with one attached hydrogen (secondary N) is 1. The number of rotatable bonds is 5. The van der Waals surface area contributed by atoms with Crippen molar-refractivity contribution >= 4 is 33.2 Å². The van der Waals surface area contributed by atoms with E-state index in [0.717, 1.165) is 0 Å². The molecule has 7 heteroatoms. The molecule has 0 aliphatic carbocycles. The van der Waals surface area contributed by atoms with Crippen LogP contribution in [0, 0.1) is 0 Å². The molecule has 5 nitrogen and oxygen atoms in total. The number of carbonyl (C=O) groups excluding carboxylic acids is 1. The summed E-state index contributed by atoms with van der Waals surface area (Å²) >= 11 is 5.76. The van der Waals surface area contributed by atoms with Gasteiger partial charge in [-0.3, -0.25) is 5.32 Å². The first kappa shape index (κ1) is 18.0. The first-order valence-electron chi connectivity index (χ1n) is 7.08. The molecule has 0 aliphatic heterocycles. The van der Waals surface area contributed by atoms with Crippen LogP contribution in [0.5, 0.6) is 0 Å². The maximum atomic E-state index is 12.5. The summed E-state index contributed by atoms with van der Waals surface area (Å²) in [7, 11) is -3.69. The number of halogens is 1. The van der Waals surface area contributed by atoms with Crippen LogP contribution >= 0.6 is 11.6 Å². The lowest BCUT2D eigenvalue weighted by atomic mass is 10.3. The molecule has 0 unspecified atom stereocenters. The summed E-state index contributed by atoms with van der Waals surface area (Å²) in [5, 5.41) is 3.04. The van der Waals surface area contributed by atoms with Gasteiger partial charge in [0.05, 0.1) is 9.80 Å². The standard InChI is InChI=1S/C17H16ClNO4S/c1-2-15(24(21,22)16-6-4-3-5-7-16)12-23-17(20)19-14-10-8-13(18)9-11-14/h2-11H,12H2,1H3,(H,19,20)/b15-2+. The average Bonchev–Trinajstić information content (AvgIpc) is 2.58. The molecule has 0 heterocycles. The number of benzene rings is 2. The zero-order chi connectivity index (χ0) is 17.6. The minimum Gasteiger partial charge on any atom is -0.444 e. The Morgan fingerprint density at radius 1 is 1.12 bits per heavy atom. The maximum absolute atomic E-state index is 12.5. The maximum Gasteiger partial charge on any atom is 0.411 e. The van der Waals surface area contributed by atoms with Gasteiger partial charge in [0.2, 0.25) is 9.84 Å². The number of sulfone groups is 1. The molecule has 0 spiro atoms. The molecule has 2 rings (SSSR count). The van der Waals surface area contributed by atoms with Crippen molar-refractivity contribution in [2.45, 2.75) is 11.8 Å². The lowest BCUT2D eigenvalue weighted by Gasteiger charge is -2.11. The monoisotopic (exact) mass is 365 g/mol. The highest BCUT2D eigenvalue weighted by Gasteiger charge is 2.21. The zero-order valence-corrected chi connectivity index (χ0v) is 14.5. The quantitative estimate of drug-likeness (QED) is 0.858. The SMILES string of the molecule is C/C=C(\COC(=O)Nc1ccc(Cl)cc1)S(=O)(=O)c1ccccc1. The van der Waals surface area contributed by atoms with Gasteiger partial charge in [0.25, 0.3) is 0 Å². The molecule has 0 fully saturated rings. The zero-order valence-electron chi connectivity index (χ0n) is 12.9. The Balaban J connectivity index is 2.01. The predicted molar refractivity (Wildman–Crippen MR) is 93.8 cm³/mol. The lowest BCUT2D eigenvalue weighted by Crippen LogP contribution is -2.18. The third kappa shape index (κ3) is 4.59. The van der Waals surface area contributed by atoms with Crippen LogP contribution in [0.3, 0.4) is 0 Å². The van der Waals surface area contributed by atoms with Crippen LogP contribution in [-0.4, -0.2) is 21.1 Å². The van der Waals surface area contributed by atoms with Gasteiger partial charge in [-0.25, -0.2) is 13.2 Å². The molecule has 24 heavy (non-hydrogen) atoms. The van der Waals surface area contributed by atoms with E-state index in [2.05, 4.69) is 5.32 Å². The normalized spacial score (nSPS) is 11.8. The van der Waals surface area contributed by atoms with Crippen molar-refractivity contribution in [1.82, 2.24) is 0 Å². The fourth-order valence-corrected chi connectivity index (χ4v) is 3.36. The van der Waals surface area contributed by atoms with Crippen LogP contribution in [0.25, 0.3) is 0 Å². The van der Waals surface area contributed by atoms with E-state index in [9.17, 15) is 13.2 Å². The minimum absolute atomic E-state index is 0.0138. The molecule has 0 atom stereocenters. The molecule has 0 aliphatic rings. The Morgan fingerprint density at radius 2 is 1.75 bits per heavy atom. The summed E-state index contributed by atoms with van der Waals surface area (Å²) in [6, 6.07) is 14.4. The summed E-state index contributed by atoms with van der Waals surface area (Å²) in [5.74, 6) is 0. The highest BCUT2D eigenvalue weighted by molar-refractivity contribution is 7.95. The molecule has 1 N–H and O–H groups in total. The van der Waals surface area contributed by atoms with E-state index >= 15 is 0 Å². The summed E-state index contributed by atoms with van der Waals surface area (Å²) in [5.41, 5.74) is 0.498. The van der Waals surface area contributed by atoms with Crippen molar-refractivity contribution < 1.29 is 17.9 Å². The fraction of sp³-hybridized carbons (Fsp3) is 0.118. The topological polar surface area (TPSA) is 72.5 Å². The Morgan fingerprint density at radius 3 is 2.33 bits per heavy atom. The van der Waals surface area contributed by atoms with Gasteiger partial charge in [-0.2, -0.15) is 0 Å². The number of carbonyl (C=O) groups is 1. The molecule has 0 saturated heterocycles. The van der Waals surface area contributed by atoms with Crippen LogP contribution < -0.4 is 5.32 Å².